The molecule has 0 saturated carbocycles. The zero-order chi connectivity index (χ0) is 10.1. The summed E-state index contributed by atoms with van der Waals surface area (Å²) in [6, 6.07) is 5.73. The summed E-state index contributed by atoms with van der Waals surface area (Å²) in [4.78, 5) is 0. The molecule has 0 spiro atoms. The first kappa shape index (κ1) is 10.1. The summed E-state index contributed by atoms with van der Waals surface area (Å²) in [5, 5.41) is 3.16. The molecule has 0 aliphatic rings. The Morgan fingerprint density at radius 2 is 2.14 bits per heavy atom. The Balaban J connectivity index is 2.59. The van der Waals surface area contributed by atoms with Crippen molar-refractivity contribution in [3.05, 3.63) is 28.2 Å². The van der Waals surface area contributed by atoms with E-state index in [1.165, 1.54) is 11.3 Å². The predicted octanol–water partition coefficient (Wildman–Crippen LogP) is 4.61. The van der Waals surface area contributed by atoms with Gasteiger partial charge < -0.3 is 4.74 Å². The summed E-state index contributed by atoms with van der Waals surface area (Å²) in [6.07, 6.45) is 0. The predicted molar refractivity (Wildman–Crippen MR) is 63.0 cm³/mol. The lowest BCUT2D eigenvalue weighted by Gasteiger charge is -1.95. The summed E-state index contributed by atoms with van der Waals surface area (Å²) in [5.74, 6) is 0. The Morgan fingerprint density at radius 1 is 1.36 bits per heavy atom. The van der Waals surface area contributed by atoms with Gasteiger partial charge in [0, 0.05) is 0 Å². The topological polar surface area (TPSA) is 9.23 Å². The molecule has 0 amide bonds. The molecule has 4 heteroatoms. The first-order valence-electron chi connectivity index (χ1n) is 4.22. The molecule has 0 aliphatic carbocycles. The molecular weight excluding hydrogens is 239 g/mol. The average molecular weight is 247 g/mol. The first-order valence-corrected chi connectivity index (χ1v) is 5.80. The quantitative estimate of drug-likeness (QED) is 0.753. The lowest BCUT2D eigenvalue weighted by atomic mass is 10.3. The lowest BCUT2D eigenvalue weighted by molar-refractivity contribution is 0.350. The molecule has 0 radical (unpaired) electrons. The highest BCUT2D eigenvalue weighted by atomic mass is 35.5. The van der Waals surface area contributed by atoms with Gasteiger partial charge >= 0.3 is 0 Å². The van der Waals surface area contributed by atoms with Crippen molar-refractivity contribution in [2.45, 2.75) is 6.92 Å². The van der Waals surface area contributed by atoms with Crippen LogP contribution in [0, 0.1) is 0 Å². The van der Waals surface area contributed by atoms with E-state index in [0.717, 1.165) is 15.1 Å². The number of fused-ring (bicyclic) bond motifs is 1. The summed E-state index contributed by atoms with van der Waals surface area (Å²) >= 11 is 13.5. The summed E-state index contributed by atoms with van der Waals surface area (Å²) < 4.78 is 6.39. The molecule has 0 saturated heterocycles. The molecule has 0 bridgehead atoms. The molecule has 1 nitrogen and oxygen atoms in total. The Morgan fingerprint density at radius 3 is 2.86 bits per heavy atom. The van der Waals surface area contributed by atoms with Crippen LogP contribution in [0.15, 0.2) is 18.2 Å². The molecule has 1 heterocycles. The molecule has 1 aromatic carbocycles. The molecule has 74 valence electrons. The zero-order valence-corrected chi connectivity index (χ0v) is 9.84. The maximum atomic E-state index is 6.06. The Bertz CT molecular complexity index is 464. The van der Waals surface area contributed by atoms with Crippen LogP contribution >= 0.6 is 34.5 Å². The minimum atomic E-state index is 0.587. The number of benzene rings is 1. The van der Waals surface area contributed by atoms with E-state index in [4.69, 9.17) is 27.9 Å². The number of thiophene rings is 1. The molecule has 0 fully saturated rings. The van der Waals surface area contributed by atoms with Crippen LogP contribution in [0.2, 0.25) is 10.0 Å². The van der Waals surface area contributed by atoms with Crippen molar-refractivity contribution in [1.29, 1.82) is 0 Å². The Labute approximate surface area is 96.2 Å². The minimum absolute atomic E-state index is 0.587. The van der Waals surface area contributed by atoms with Crippen LogP contribution in [0.1, 0.15) is 6.92 Å². The summed E-state index contributed by atoms with van der Waals surface area (Å²) in [5.41, 5.74) is 0. The van der Waals surface area contributed by atoms with Crippen molar-refractivity contribution >= 4 is 44.6 Å². The third-order valence-electron chi connectivity index (χ3n) is 1.84. The van der Waals surface area contributed by atoms with E-state index in [1.54, 1.807) is 6.07 Å². The van der Waals surface area contributed by atoms with Crippen molar-refractivity contribution in [1.82, 2.24) is 0 Å². The fraction of sp³-hybridized carbons (Fsp3) is 0.200. The Kier molecular flexibility index (Phi) is 2.86. The number of halogens is 2. The second-order valence-electron chi connectivity index (χ2n) is 2.78. The molecule has 0 N–H and O–H groups in total. The van der Waals surface area contributed by atoms with Gasteiger partial charge in [0.15, 0.2) is 5.06 Å². The maximum absolute atomic E-state index is 6.06. The molecule has 0 unspecified atom stereocenters. The van der Waals surface area contributed by atoms with Gasteiger partial charge in [0.25, 0.3) is 0 Å². The summed E-state index contributed by atoms with van der Waals surface area (Å²) in [7, 11) is 0. The van der Waals surface area contributed by atoms with E-state index >= 15 is 0 Å². The van der Waals surface area contributed by atoms with Crippen molar-refractivity contribution in [3.63, 3.8) is 0 Å². The Hall–Kier alpha value is -0.440. The molecule has 1 aromatic heterocycles. The standard InChI is InChI=1S/C10H8Cl2OS/c1-2-13-8-5-6-3-4-7(11)9(12)10(6)14-8/h3-5H,2H2,1H3. The lowest BCUT2D eigenvalue weighted by Crippen LogP contribution is -1.86. The van der Waals surface area contributed by atoms with E-state index in [9.17, 15) is 0 Å². The number of ether oxygens (including phenoxy) is 1. The third-order valence-corrected chi connectivity index (χ3v) is 3.84. The van der Waals surface area contributed by atoms with Gasteiger partial charge in [0.1, 0.15) is 0 Å². The molecule has 2 rings (SSSR count). The first-order chi connectivity index (χ1) is 6.72. The third kappa shape index (κ3) is 1.70. The zero-order valence-electron chi connectivity index (χ0n) is 7.51. The number of hydrogen-bond acceptors (Lipinski definition) is 2. The van der Waals surface area contributed by atoms with Crippen LogP contribution < -0.4 is 4.74 Å². The minimum Gasteiger partial charge on any atom is -0.484 e. The largest absolute Gasteiger partial charge is 0.484 e. The molecule has 14 heavy (non-hydrogen) atoms. The van der Waals surface area contributed by atoms with Gasteiger partial charge in [-0.1, -0.05) is 40.6 Å². The van der Waals surface area contributed by atoms with E-state index < -0.39 is 0 Å². The van der Waals surface area contributed by atoms with Crippen LogP contribution in [0.3, 0.4) is 0 Å². The highest BCUT2D eigenvalue weighted by molar-refractivity contribution is 7.21. The monoisotopic (exact) mass is 246 g/mol. The maximum Gasteiger partial charge on any atom is 0.174 e. The van der Waals surface area contributed by atoms with Crippen molar-refractivity contribution in [2.24, 2.45) is 0 Å². The van der Waals surface area contributed by atoms with Gasteiger partial charge in [-0.2, -0.15) is 0 Å². The van der Waals surface area contributed by atoms with E-state index in [1.807, 2.05) is 19.1 Å². The van der Waals surface area contributed by atoms with Gasteiger partial charge in [-0.15, -0.1) is 0 Å². The molecule has 0 aliphatic heterocycles. The highest BCUT2D eigenvalue weighted by Crippen LogP contribution is 2.39. The van der Waals surface area contributed by atoms with Crippen LogP contribution in [-0.4, -0.2) is 6.61 Å². The molecular formula is C10H8Cl2OS. The molecule has 0 atom stereocenters. The van der Waals surface area contributed by atoms with Crippen molar-refractivity contribution in [2.75, 3.05) is 6.61 Å². The van der Waals surface area contributed by atoms with Crippen molar-refractivity contribution < 1.29 is 4.74 Å². The van der Waals surface area contributed by atoms with Crippen LogP contribution in [0.4, 0.5) is 0 Å². The fourth-order valence-corrected chi connectivity index (χ4v) is 2.74. The van der Waals surface area contributed by atoms with Crippen molar-refractivity contribution in [3.8, 4) is 5.06 Å². The van der Waals surface area contributed by atoms with E-state index in [-0.39, 0.29) is 0 Å². The highest BCUT2D eigenvalue weighted by Gasteiger charge is 2.08. The van der Waals surface area contributed by atoms with Crippen LogP contribution in [0.25, 0.3) is 10.1 Å². The number of rotatable bonds is 2. The molecule has 2 aromatic rings. The SMILES string of the molecule is CCOc1cc2ccc(Cl)c(Cl)c2s1. The second-order valence-corrected chi connectivity index (χ2v) is 4.58. The van der Waals surface area contributed by atoms with Crippen LogP contribution in [-0.2, 0) is 0 Å². The second kappa shape index (κ2) is 3.97. The van der Waals surface area contributed by atoms with Gasteiger partial charge in [-0.3, -0.25) is 0 Å². The van der Waals surface area contributed by atoms with Gasteiger partial charge in [0.05, 0.1) is 21.4 Å². The summed E-state index contributed by atoms with van der Waals surface area (Å²) in [6.45, 7) is 2.62. The van der Waals surface area contributed by atoms with E-state index in [0.29, 0.717) is 16.7 Å². The van der Waals surface area contributed by atoms with Gasteiger partial charge in [-0.25, -0.2) is 0 Å². The van der Waals surface area contributed by atoms with Gasteiger partial charge in [-0.05, 0) is 24.4 Å². The normalized spacial score (nSPS) is 10.8. The fourth-order valence-electron chi connectivity index (χ4n) is 1.23. The van der Waals surface area contributed by atoms with Gasteiger partial charge in [0.2, 0.25) is 0 Å². The van der Waals surface area contributed by atoms with E-state index in [2.05, 4.69) is 0 Å². The number of hydrogen-bond donors (Lipinski definition) is 0. The smallest absolute Gasteiger partial charge is 0.174 e. The van der Waals surface area contributed by atoms with Crippen LogP contribution in [0.5, 0.6) is 5.06 Å². The average Bonchev–Trinajstić information content (AvgIpc) is 2.56.